The minimum Gasteiger partial charge on any atom is -0.508 e. The Bertz CT molecular complexity index is 907. The number of aromatic nitrogens is 2. The van der Waals surface area contributed by atoms with Gasteiger partial charge < -0.3 is 15.4 Å². The van der Waals surface area contributed by atoms with Crippen molar-refractivity contribution in [2.75, 3.05) is 0 Å². The molecule has 0 radical (unpaired) electrons. The van der Waals surface area contributed by atoms with E-state index < -0.39 is 0 Å². The number of hydrogen-bond acceptors (Lipinski definition) is 7. The highest BCUT2D eigenvalue weighted by atomic mass is 32.1. The van der Waals surface area contributed by atoms with Crippen molar-refractivity contribution in [1.29, 1.82) is 0 Å². The Labute approximate surface area is 148 Å². The molecule has 0 aliphatic carbocycles. The minimum atomic E-state index is -0.143. The second kappa shape index (κ2) is 7.31. The molecular formula is C18H17N3O3S. The van der Waals surface area contributed by atoms with Crippen molar-refractivity contribution < 1.29 is 15.4 Å². The Morgan fingerprint density at radius 1 is 1.08 bits per heavy atom. The molecule has 1 heterocycles. The largest absolute Gasteiger partial charge is 0.508 e. The summed E-state index contributed by atoms with van der Waals surface area (Å²) < 4.78 is 0. The molecule has 128 valence electrons. The standard InChI is InChI=1S/C18H17N3O3S/c1-2-11-8-13(16(23)10-15(11)22)14(21-24)9-17-19-20-18(25-17)12-6-4-3-5-7-12/h3-8,10,22-24H,2,9H2,1H3/b21-14+. The number of aromatic hydroxyl groups is 2. The zero-order valence-corrected chi connectivity index (χ0v) is 14.4. The number of hydrogen-bond donors (Lipinski definition) is 3. The summed E-state index contributed by atoms with van der Waals surface area (Å²) >= 11 is 1.40. The predicted molar refractivity (Wildman–Crippen MR) is 96.5 cm³/mol. The van der Waals surface area contributed by atoms with Gasteiger partial charge in [0.15, 0.2) is 0 Å². The Hall–Kier alpha value is -2.93. The number of benzene rings is 2. The summed E-state index contributed by atoms with van der Waals surface area (Å²) in [5, 5.41) is 42.4. The zero-order valence-electron chi connectivity index (χ0n) is 13.5. The molecule has 2 aromatic carbocycles. The first kappa shape index (κ1) is 16.9. The molecule has 0 bridgehead atoms. The topological polar surface area (TPSA) is 98.8 Å². The molecule has 25 heavy (non-hydrogen) atoms. The lowest BCUT2D eigenvalue weighted by Crippen LogP contribution is -2.06. The van der Waals surface area contributed by atoms with Crippen LogP contribution < -0.4 is 0 Å². The van der Waals surface area contributed by atoms with Crippen molar-refractivity contribution in [1.82, 2.24) is 10.2 Å². The van der Waals surface area contributed by atoms with Gasteiger partial charge in [-0.05, 0) is 18.1 Å². The van der Waals surface area contributed by atoms with E-state index in [0.29, 0.717) is 22.6 Å². The van der Waals surface area contributed by atoms with Crippen LogP contribution in [0.2, 0.25) is 0 Å². The fourth-order valence-corrected chi connectivity index (χ4v) is 3.34. The molecule has 0 unspecified atom stereocenters. The van der Waals surface area contributed by atoms with Crippen LogP contribution in [-0.4, -0.2) is 31.3 Å². The van der Waals surface area contributed by atoms with Crippen molar-refractivity contribution in [2.45, 2.75) is 19.8 Å². The highest BCUT2D eigenvalue weighted by molar-refractivity contribution is 7.14. The monoisotopic (exact) mass is 355 g/mol. The van der Waals surface area contributed by atoms with Gasteiger partial charge in [0.05, 0.1) is 5.71 Å². The van der Waals surface area contributed by atoms with Crippen LogP contribution in [0.15, 0.2) is 47.6 Å². The summed E-state index contributed by atoms with van der Waals surface area (Å²) in [5.74, 6) is -0.126. The number of rotatable bonds is 5. The Morgan fingerprint density at radius 2 is 1.84 bits per heavy atom. The third-order valence-corrected chi connectivity index (χ3v) is 4.79. The average molecular weight is 355 g/mol. The van der Waals surface area contributed by atoms with Crippen LogP contribution >= 0.6 is 11.3 Å². The average Bonchev–Trinajstić information content (AvgIpc) is 3.10. The van der Waals surface area contributed by atoms with Gasteiger partial charge in [0.2, 0.25) is 0 Å². The van der Waals surface area contributed by atoms with Gasteiger partial charge in [-0.3, -0.25) is 0 Å². The van der Waals surface area contributed by atoms with Crippen LogP contribution in [0.1, 0.15) is 23.1 Å². The van der Waals surface area contributed by atoms with Crippen LogP contribution in [0, 0.1) is 0 Å². The van der Waals surface area contributed by atoms with E-state index in [1.165, 1.54) is 17.4 Å². The second-order valence-corrected chi connectivity index (χ2v) is 6.50. The summed E-state index contributed by atoms with van der Waals surface area (Å²) in [5.41, 5.74) is 2.27. The summed E-state index contributed by atoms with van der Waals surface area (Å²) in [6.07, 6.45) is 0.817. The van der Waals surface area contributed by atoms with Gasteiger partial charge in [-0.2, -0.15) is 0 Å². The summed E-state index contributed by atoms with van der Waals surface area (Å²) in [6.45, 7) is 1.89. The summed E-state index contributed by atoms with van der Waals surface area (Å²) in [7, 11) is 0. The first-order valence-corrected chi connectivity index (χ1v) is 8.58. The van der Waals surface area contributed by atoms with Gasteiger partial charge in [-0.25, -0.2) is 0 Å². The van der Waals surface area contributed by atoms with E-state index in [4.69, 9.17) is 0 Å². The molecule has 0 atom stereocenters. The molecule has 0 fully saturated rings. The third kappa shape index (κ3) is 3.61. The van der Waals surface area contributed by atoms with E-state index in [9.17, 15) is 15.4 Å². The van der Waals surface area contributed by atoms with Crippen molar-refractivity contribution in [3.63, 3.8) is 0 Å². The molecule has 1 aromatic heterocycles. The van der Waals surface area contributed by atoms with Crippen molar-refractivity contribution in [2.24, 2.45) is 5.16 Å². The lowest BCUT2D eigenvalue weighted by atomic mass is 10.0. The Kier molecular flexibility index (Phi) is 4.95. The molecule has 7 heteroatoms. The maximum absolute atomic E-state index is 10.1. The SMILES string of the molecule is CCc1cc(/C(Cc2nnc(-c3ccccc3)s2)=N/O)c(O)cc1O. The second-order valence-electron chi connectivity index (χ2n) is 5.44. The molecule has 3 aromatic rings. The summed E-state index contributed by atoms with van der Waals surface area (Å²) in [4.78, 5) is 0. The molecule has 0 amide bonds. The smallest absolute Gasteiger partial charge is 0.147 e. The van der Waals surface area contributed by atoms with Crippen molar-refractivity contribution >= 4 is 17.0 Å². The number of phenolic OH excluding ortho intramolecular Hbond substituents is 2. The van der Waals surface area contributed by atoms with Crippen LogP contribution in [-0.2, 0) is 12.8 Å². The van der Waals surface area contributed by atoms with Gasteiger partial charge in [0, 0.05) is 23.6 Å². The van der Waals surface area contributed by atoms with Crippen molar-refractivity contribution in [3.05, 3.63) is 58.6 Å². The number of oxime groups is 1. The molecule has 0 aliphatic heterocycles. The van der Waals surface area contributed by atoms with Crippen LogP contribution in [0.3, 0.4) is 0 Å². The highest BCUT2D eigenvalue weighted by Gasteiger charge is 2.17. The third-order valence-electron chi connectivity index (χ3n) is 3.82. The number of phenols is 2. The van der Waals surface area contributed by atoms with Gasteiger partial charge in [-0.1, -0.05) is 53.7 Å². The van der Waals surface area contributed by atoms with E-state index in [0.717, 1.165) is 10.6 Å². The van der Waals surface area contributed by atoms with Crippen molar-refractivity contribution in [3.8, 4) is 22.1 Å². The first-order valence-electron chi connectivity index (χ1n) is 7.76. The lowest BCUT2D eigenvalue weighted by Gasteiger charge is -2.09. The molecule has 3 rings (SSSR count). The van der Waals surface area contributed by atoms with E-state index in [2.05, 4.69) is 15.4 Å². The van der Waals surface area contributed by atoms with Gasteiger partial charge in [0.25, 0.3) is 0 Å². The number of aryl methyl sites for hydroxylation is 1. The predicted octanol–water partition coefficient (Wildman–Crippen LogP) is 3.60. The number of nitrogens with zero attached hydrogens (tertiary/aromatic N) is 3. The maximum atomic E-state index is 10.1. The fourth-order valence-electron chi connectivity index (χ4n) is 2.49. The fraction of sp³-hybridized carbons (Fsp3) is 0.167. The van der Waals surface area contributed by atoms with Crippen LogP contribution in [0.25, 0.3) is 10.6 Å². The quantitative estimate of drug-likeness (QED) is 0.369. The van der Waals surface area contributed by atoms with Crippen LogP contribution in [0.4, 0.5) is 0 Å². The highest BCUT2D eigenvalue weighted by Crippen LogP contribution is 2.30. The van der Waals surface area contributed by atoms with E-state index >= 15 is 0 Å². The normalized spacial score (nSPS) is 11.6. The molecular weight excluding hydrogens is 338 g/mol. The van der Waals surface area contributed by atoms with Gasteiger partial charge in [-0.15, -0.1) is 10.2 Å². The molecule has 0 saturated carbocycles. The maximum Gasteiger partial charge on any atom is 0.147 e. The Balaban J connectivity index is 1.88. The van der Waals surface area contributed by atoms with E-state index in [1.54, 1.807) is 6.07 Å². The van der Waals surface area contributed by atoms with E-state index in [1.807, 2.05) is 37.3 Å². The first-order chi connectivity index (χ1) is 12.1. The zero-order chi connectivity index (χ0) is 17.8. The lowest BCUT2D eigenvalue weighted by molar-refractivity contribution is 0.318. The Morgan fingerprint density at radius 3 is 2.52 bits per heavy atom. The van der Waals surface area contributed by atoms with E-state index in [-0.39, 0.29) is 23.6 Å². The summed E-state index contributed by atoms with van der Waals surface area (Å²) in [6, 6.07) is 12.6. The van der Waals surface area contributed by atoms with Crippen LogP contribution in [0.5, 0.6) is 11.5 Å². The molecule has 0 aliphatic rings. The van der Waals surface area contributed by atoms with Gasteiger partial charge >= 0.3 is 0 Å². The molecule has 0 spiro atoms. The van der Waals surface area contributed by atoms with Gasteiger partial charge in [0.1, 0.15) is 21.5 Å². The molecule has 6 nitrogen and oxygen atoms in total. The molecule has 3 N–H and O–H groups in total. The minimum absolute atomic E-state index is 0.0170. The molecule has 0 saturated heterocycles.